The fourth-order valence-corrected chi connectivity index (χ4v) is 4.21. The van der Waals surface area contributed by atoms with Gasteiger partial charge in [0.2, 0.25) is 0 Å². The smallest absolute Gasteiger partial charge is 0.189 e. The molecule has 3 aromatic rings. The summed E-state index contributed by atoms with van der Waals surface area (Å²) in [6.45, 7) is 6.38. The van der Waals surface area contributed by atoms with Gasteiger partial charge in [-0.2, -0.15) is 0 Å². The molecule has 29 heavy (non-hydrogen) atoms. The number of aromatic nitrogens is 2. The second kappa shape index (κ2) is 8.86. The van der Waals surface area contributed by atoms with E-state index in [0.29, 0.717) is 6.54 Å². The zero-order chi connectivity index (χ0) is 20.2. The second-order valence-corrected chi connectivity index (χ2v) is 7.85. The van der Waals surface area contributed by atoms with Gasteiger partial charge in [0.1, 0.15) is 0 Å². The Labute approximate surface area is 170 Å². The van der Waals surface area contributed by atoms with Gasteiger partial charge in [0.25, 0.3) is 0 Å². The Morgan fingerprint density at radius 1 is 1.14 bits per heavy atom. The van der Waals surface area contributed by atoms with E-state index in [0.717, 1.165) is 60.6 Å². The minimum Gasteiger partial charge on any atom is -0.396 e. The summed E-state index contributed by atoms with van der Waals surface area (Å²) in [6.07, 6.45) is 0.733. The maximum absolute atomic E-state index is 12.4. The highest BCUT2D eigenvalue weighted by Gasteiger charge is 2.27. The molecule has 0 aliphatic carbocycles. The lowest BCUT2D eigenvalue weighted by Gasteiger charge is -2.41. The van der Waals surface area contributed by atoms with Gasteiger partial charge < -0.3 is 10.1 Å². The van der Waals surface area contributed by atoms with E-state index in [1.807, 2.05) is 43.3 Å². The number of pyridine rings is 2. The summed E-state index contributed by atoms with van der Waals surface area (Å²) in [7, 11) is 0. The van der Waals surface area contributed by atoms with Crippen molar-refractivity contribution in [3.05, 3.63) is 75.8 Å². The van der Waals surface area contributed by atoms with E-state index in [-0.39, 0.29) is 18.1 Å². The minimum atomic E-state index is 0.0606. The number of nitrogens with one attached hydrogen (secondary N) is 1. The minimum absolute atomic E-state index is 0.0606. The Bertz CT molecular complexity index is 1030. The van der Waals surface area contributed by atoms with Crippen molar-refractivity contribution in [2.45, 2.75) is 32.5 Å². The molecule has 0 amide bonds. The number of aromatic amines is 1. The second-order valence-electron chi connectivity index (χ2n) is 7.85. The summed E-state index contributed by atoms with van der Waals surface area (Å²) in [6, 6.07) is 15.7. The third-order valence-electron chi connectivity index (χ3n) is 5.65. The molecule has 0 spiro atoms. The summed E-state index contributed by atoms with van der Waals surface area (Å²) in [5, 5.41) is 10.3. The van der Waals surface area contributed by atoms with E-state index >= 15 is 0 Å². The van der Waals surface area contributed by atoms with Crippen LogP contribution in [0.5, 0.6) is 0 Å². The number of aryl methyl sites for hydroxylation is 1. The number of aliphatic hydroxyl groups excluding tert-OH is 1. The van der Waals surface area contributed by atoms with Crippen LogP contribution in [0.2, 0.25) is 0 Å². The number of fused-ring (bicyclic) bond motifs is 1. The average Bonchev–Trinajstić information content (AvgIpc) is 2.70. The third-order valence-corrected chi connectivity index (χ3v) is 5.65. The van der Waals surface area contributed by atoms with Gasteiger partial charge in [0, 0.05) is 73.7 Å². The van der Waals surface area contributed by atoms with Gasteiger partial charge in [-0.1, -0.05) is 18.2 Å². The van der Waals surface area contributed by atoms with Gasteiger partial charge in [-0.3, -0.25) is 19.6 Å². The topological polar surface area (TPSA) is 72.5 Å². The number of H-pyrrole nitrogens is 1. The lowest BCUT2D eigenvalue weighted by atomic mass is 10.1. The molecule has 4 rings (SSSR count). The van der Waals surface area contributed by atoms with Gasteiger partial charge >= 0.3 is 0 Å². The molecule has 0 radical (unpaired) electrons. The van der Waals surface area contributed by atoms with Crippen LogP contribution in [-0.4, -0.2) is 57.2 Å². The summed E-state index contributed by atoms with van der Waals surface area (Å²) in [5.41, 5.74) is 3.97. The summed E-state index contributed by atoms with van der Waals surface area (Å²) < 4.78 is 0. The molecule has 1 fully saturated rings. The monoisotopic (exact) mass is 392 g/mol. The molecule has 1 atom stereocenters. The van der Waals surface area contributed by atoms with E-state index in [9.17, 15) is 9.90 Å². The van der Waals surface area contributed by atoms with Gasteiger partial charge in [-0.15, -0.1) is 0 Å². The molecule has 0 saturated carbocycles. The highest BCUT2D eigenvalue weighted by molar-refractivity contribution is 5.78. The van der Waals surface area contributed by atoms with Crippen LogP contribution in [0.3, 0.4) is 0 Å². The predicted octanol–water partition coefficient (Wildman–Crippen LogP) is 2.30. The number of aliphatic hydroxyl groups is 1. The highest BCUT2D eigenvalue weighted by Crippen LogP contribution is 2.18. The summed E-state index contributed by atoms with van der Waals surface area (Å²) >= 11 is 0. The quantitative estimate of drug-likeness (QED) is 0.674. The molecule has 1 aromatic carbocycles. The van der Waals surface area contributed by atoms with Crippen LogP contribution in [0.15, 0.2) is 53.3 Å². The third kappa shape index (κ3) is 4.72. The number of benzene rings is 1. The van der Waals surface area contributed by atoms with E-state index in [1.165, 1.54) is 0 Å². The van der Waals surface area contributed by atoms with Crippen molar-refractivity contribution in [3.8, 4) is 0 Å². The Kier molecular flexibility index (Phi) is 6.04. The zero-order valence-electron chi connectivity index (χ0n) is 16.8. The van der Waals surface area contributed by atoms with Crippen LogP contribution < -0.4 is 5.43 Å². The van der Waals surface area contributed by atoms with Gasteiger partial charge in [-0.05, 0) is 37.6 Å². The molecule has 3 heterocycles. The Balaban J connectivity index is 1.46. The molecule has 1 saturated heterocycles. The van der Waals surface area contributed by atoms with Crippen LogP contribution in [0.25, 0.3) is 10.9 Å². The van der Waals surface area contributed by atoms with Crippen molar-refractivity contribution in [2.75, 3.05) is 26.2 Å². The largest absolute Gasteiger partial charge is 0.396 e. The van der Waals surface area contributed by atoms with E-state index < -0.39 is 0 Å². The molecule has 0 bridgehead atoms. The van der Waals surface area contributed by atoms with Crippen molar-refractivity contribution in [2.24, 2.45) is 0 Å². The first-order chi connectivity index (χ1) is 14.1. The van der Waals surface area contributed by atoms with Crippen LogP contribution >= 0.6 is 0 Å². The highest BCUT2D eigenvalue weighted by atomic mass is 16.3. The molecule has 2 aromatic heterocycles. The standard InChI is InChI=1S/C23H28N4O2/c1-17-5-4-6-18(24-17)15-27-11-10-26(16-20(27)9-12-28)14-19-13-23(29)21-7-2-3-8-22(21)25-19/h2-8,13,20,28H,9-12,14-16H2,1H3,(H,25,29). The Hall–Kier alpha value is -2.54. The van der Waals surface area contributed by atoms with Crippen LogP contribution in [0.4, 0.5) is 0 Å². The number of hydrogen-bond acceptors (Lipinski definition) is 5. The maximum atomic E-state index is 12.4. The SMILES string of the molecule is Cc1cccc(CN2CCN(Cc3cc(=O)c4ccccc4[nH]3)CC2CCO)n1. The Morgan fingerprint density at radius 3 is 2.83 bits per heavy atom. The van der Waals surface area contributed by atoms with Crippen molar-refractivity contribution < 1.29 is 5.11 Å². The fourth-order valence-electron chi connectivity index (χ4n) is 4.21. The Morgan fingerprint density at radius 2 is 2.00 bits per heavy atom. The fraction of sp³-hybridized carbons (Fsp3) is 0.391. The first kappa shape index (κ1) is 19.8. The van der Waals surface area contributed by atoms with Crippen molar-refractivity contribution in [3.63, 3.8) is 0 Å². The predicted molar refractivity (Wildman–Crippen MR) is 115 cm³/mol. The molecule has 152 valence electrons. The van der Waals surface area contributed by atoms with Crippen molar-refractivity contribution in [1.82, 2.24) is 19.8 Å². The normalized spacial score (nSPS) is 18.3. The van der Waals surface area contributed by atoms with Crippen LogP contribution in [0, 0.1) is 6.92 Å². The molecule has 1 aliphatic heterocycles. The van der Waals surface area contributed by atoms with Crippen molar-refractivity contribution >= 4 is 10.9 Å². The van der Waals surface area contributed by atoms with Crippen LogP contribution in [-0.2, 0) is 13.1 Å². The first-order valence-corrected chi connectivity index (χ1v) is 10.2. The van der Waals surface area contributed by atoms with E-state index in [4.69, 9.17) is 0 Å². The first-order valence-electron chi connectivity index (χ1n) is 10.2. The van der Waals surface area contributed by atoms with Gasteiger partial charge in [0.05, 0.1) is 5.69 Å². The van der Waals surface area contributed by atoms with E-state index in [1.54, 1.807) is 6.07 Å². The molecule has 6 nitrogen and oxygen atoms in total. The molecule has 1 aliphatic rings. The molecular weight excluding hydrogens is 364 g/mol. The van der Waals surface area contributed by atoms with Crippen molar-refractivity contribution in [1.29, 1.82) is 0 Å². The number of nitrogens with zero attached hydrogens (tertiary/aromatic N) is 3. The summed E-state index contributed by atoms with van der Waals surface area (Å²) in [4.78, 5) is 25.2. The molecule has 6 heteroatoms. The zero-order valence-corrected chi connectivity index (χ0v) is 16.8. The molecule has 1 unspecified atom stereocenters. The van der Waals surface area contributed by atoms with Gasteiger partial charge in [-0.25, -0.2) is 0 Å². The van der Waals surface area contributed by atoms with Gasteiger partial charge in [0.15, 0.2) is 5.43 Å². The average molecular weight is 393 g/mol. The lowest BCUT2D eigenvalue weighted by Crippen LogP contribution is -2.52. The molecule has 2 N–H and O–H groups in total. The molecular formula is C23H28N4O2. The maximum Gasteiger partial charge on any atom is 0.189 e. The van der Waals surface area contributed by atoms with E-state index in [2.05, 4.69) is 25.8 Å². The summed E-state index contributed by atoms with van der Waals surface area (Å²) in [5.74, 6) is 0. The number of piperazine rings is 1. The number of hydrogen-bond donors (Lipinski definition) is 2. The van der Waals surface area contributed by atoms with Crippen LogP contribution in [0.1, 0.15) is 23.5 Å². The number of rotatable bonds is 6. The number of para-hydroxylation sites is 1. The lowest BCUT2D eigenvalue weighted by molar-refractivity contribution is 0.0486.